The van der Waals surface area contributed by atoms with Crippen LogP contribution < -0.4 is 5.32 Å². The van der Waals surface area contributed by atoms with Gasteiger partial charge in [0.2, 0.25) is 5.91 Å². The van der Waals surface area contributed by atoms with Crippen molar-refractivity contribution in [2.24, 2.45) is 0 Å². The summed E-state index contributed by atoms with van der Waals surface area (Å²) in [4.78, 5) is 12.6. The average Bonchev–Trinajstić information content (AvgIpc) is 3.35. The van der Waals surface area contributed by atoms with Crippen LogP contribution in [0, 0.1) is 0 Å². The highest BCUT2D eigenvalue weighted by molar-refractivity contribution is 5.80. The summed E-state index contributed by atoms with van der Waals surface area (Å²) in [5, 5.41) is 44.0. The number of nitrogens with one attached hydrogen (secondary N) is 1. The van der Waals surface area contributed by atoms with Gasteiger partial charge in [-0.15, -0.1) is 0 Å². The first-order chi connectivity index (χ1) is 34.0. The summed E-state index contributed by atoms with van der Waals surface area (Å²) in [6.45, 7) is 4.08. The number of rotatable bonds is 57. The van der Waals surface area contributed by atoms with Gasteiger partial charge in [-0.2, -0.15) is 0 Å². The van der Waals surface area contributed by atoms with E-state index in [4.69, 9.17) is 0 Å². The number of carbonyl (C=O) groups is 1. The minimum absolute atomic E-state index is 0.362. The molecule has 4 unspecified atom stereocenters. The maximum absolute atomic E-state index is 12.6. The minimum atomic E-state index is -1.29. The van der Waals surface area contributed by atoms with Crippen molar-refractivity contribution in [2.45, 2.75) is 353 Å². The molecule has 0 aliphatic carbocycles. The summed E-state index contributed by atoms with van der Waals surface area (Å²) in [6.07, 6.45) is 72.4. The first kappa shape index (κ1) is 67.5. The third-order valence-electron chi connectivity index (χ3n) is 14.6. The molecule has 0 saturated heterocycles. The first-order valence-electron chi connectivity index (χ1n) is 30.9. The van der Waals surface area contributed by atoms with Crippen molar-refractivity contribution in [3.63, 3.8) is 0 Å². The molecule has 6 heteroatoms. The lowest BCUT2D eigenvalue weighted by atomic mass is 10.00. The van der Waals surface area contributed by atoms with E-state index in [9.17, 15) is 25.2 Å². The zero-order valence-electron chi connectivity index (χ0n) is 46.3. The Hall–Kier alpha value is -1.47. The van der Waals surface area contributed by atoms with Crippen LogP contribution in [-0.4, -0.2) is 57.3 Å². The lowest BCUT2D eigenvalue weighted by Crippen LogP contribution is -2.53. The number of allylic oxidation sites excluding steroid dienone is 6. The Morgan fingerprint density at radius 1 is 0.348 bits per heavy atom. The first-order valence-corrected chi connectivity index (χ1v) is 30.9. The third kappa shape index (κ3) is 51.2. The monoisotopic (exact) mass is 972 g/mol. The molecule has 408 valence electrons. The van der Waals surface area contributed by atoms with E-state index in [1.807, 2.05) is 0 Å². The number of hydrogen-bond acceptors (Lipinski definition) is 5. The van der Waals surface area contributed by atoms with Crippen LogP contribution in [0.15, 0.2) is 36.5 Å². The second-order valence-electron chi connectivity index (χ2n) is 21.4. The highest BCUT2D eigenvalue weighted by Crippen LogP contribution is 2.18. The van der Waals surface area contributed by atoms with Crippen molar-refractivity contribution >= 4 is 5.91 Å². The summed E-state index contributed by atoms with van der Waals surface area (Å²) in [5.74, 6) is -0.594. The predicted molar refractivity (Wildman–Crippen MR) is 302 cm³/mol. The zero-order chi connectivity index (χ0) is 50.2. The summed E-state index contributed by atoms with van der Waals surface area (Å²) in [6, 6.07) is -1.01. The van der Waals surface area contributed by atoms with Crippen LogP contribution in [0.5, 0.6) is 0 Å². The van der Waals surface area contributed by atoms with Crippen LogP contribution in [0.4, 0.5) is 0 Å². The molecule has 6 nitrogen and oxygen atoms in total. The van der Waals surface area contributed by atoms with Crippen LogP contribution in [0.25, 0.3) is 0 Å². The van der Waals surface area contributed by atoms with Crippen molar-refractivity contribution in [3.05, 3.63) is 36.5 Å². The number of carbonyl (C=O) groups excluding carboxylic acids is 1. The van der Waals surface area contributed by atoms with Gasteiger partial charge in [0.25, 0.3) is 0 Å². The second-order valence-corrected chi connectivity index (χ2v) is 21.4. The Morgan fingerprint density at radius 3 is 0.913 bits per heavy atom. The quantitative estimate of drug-likeness (QED) is 0.0308. The maximum atomic E-state index is 12.6. The molecule has 0 aliphatic heterocycles. The Kier molecular flexibility index (Phi) is 56.2. The van der Waals surface area contributed by atoms with Crippen LogP contribution >= 0.6 is 0 Å². The number of amides is 1. The molecule has 0 radical (unpaired) electrons. The molecule has 0 bridgehead atoms. The van der Waals surface area contributed by atoms with Crippen molar-refractivity contribution in [1.82, 2.24) is 5.32 Å². The average molecular weight is 973 g/mol. The molecule has 0 spiro atoms. The lowest BCUT2D eigenvalue weighted by Gasteiger charge is -2.27. The van der Waals surface area contributed by atoms with E-state index in [-0.39, 0.29) is 0 Å². The molecular formula is C63H121NO5. The zero-order valence-corrected chi connectivity index (χ0v) is 46.3. The Labute approximate surface area is 430 Å². The van der Waals surface area contributed by atoms with Crippen molar-refractivity contribution in [3.8, 4) is 0 Å². The molecule has 0 aromatic carbocycles. The highest BCUT2D eigenvalue weighted by Gasteiger charge is 2.28. The molecule has 1 amide bonds. The van der Waals surface area contributed by atoms with Gasteiger partial charge in [0.1, 0.15) is 12.2 Å². The summed E-state index contributed by atoms with van der Waals surface area (Å²) >= 11 is 0. The van der Waals surface area contributed by atoms with E-state index in [2.05, 4.69) is 55.6 Å². The van der Waals surface area contributed by atoms with E-state index in [0.717, 1.165) is 51.4 Å². The maximum Gasteiger partial charge on any atom is 0.249 e. The van der Waals surface area contributed by atoms with Crippen molar-refractivity contribution in [2.75, 3.05) is 6.61 Å². The highest BCUT2D eigenvalue weighted by atomic mass is 16.3. The largest absolute Gasteiger partial charge is 0.394 e. The smallest absolute Gasteiger partial charge is 0.249 e. The molecule has 0 rings (SSSR count). The van der Waals surface area contributed by atoms with Crippen LogP contribution in [-0.2, 0) is 4.79 Å². The Morgan fingerprint density at radius 2 is 0.609 bits per heavy atom. The third-order valence-corrected chi connectivity index (χ3v) is 14.6. The molecular weight excluding hydrogens is 851 g/mol. The molecule has 0 aromatic heterocycles. The predicted octanol–water partition coefficient (Wildman–Crippen LogP) is 18.4. The van der Waals surface area contributed by atoms with Crippen molar-refractivity contribution in [1.29, 1.82) is 0 Å². The molecule has 5 N–H and O–H groups in total. The van der Waals surface area contributed by atoms with Gasteiger partial charge >= 0.3 is 0 Å². The number of aliphatic hydroxyl groups is 4. The van der Waals surface area contributed by atoms with E-state index in [0.29, 0.717) is 19.3 Å². The molecule has 0 aliphatic rings. The Bertz CT molecular complexity index is 1090. The van der Waals surface area contributed by atoms with Gasteiger partial charge in [-0.1, -0.05) is 301 Å². The summed E-state index contributed by atoms with van der Waals surface area (Å²) < 4.78 is 0. The SMILES string of the molecule is CCCCCCCCCCCCCCCCCC/C=C/CC/C=C/CC/C=C/CCCC(O)C(O)C(CO)NC(=O)C(O)CCCCCCCCCCCCCCCCCCCCCCCCCC. The van der Waals surface area contributed by atoms with Crippen LogP contribution in [0.1, 0.15) is 328 Å². The van der Waals surface area contributed by atoms with Gasteiger partial charge in [0.15, 0.2) is 0 Å². The normalized spacial score (nSPS) is 13.9. The minimum Gasteiger partial charge on any atom is -0.394 e. The van der Waals surface area contributed by atoms with Crippen LogP contribution in [0.2, 0.25) is 0 Å². The molecule has 0 heterocycles. The van der Waals surface area contributed by atoms with Gasteiger partial charge in [-0.25, -0.2) is 0 Å². The van der Waals surface area contributed by atoms with Gasteiger partial charge in [-0.3, -0.25) is 4.79 Å². The number of hydrogen-bond donors (Lipinski definition) is 5. The fourth-order valence-electron chi connectivity index (χ4n) is 9.74. The second kappa shape index (κ2) is 57.4. The van der Waals surface area contributed by atoms with Gasteiger partial charge in [0, 0.05) is 0 Å². The Balaban J connectivity index is 3.66. The molecule has 0 fully saturated rings. The molecule has 0 aromatic rings. The summed E-state index contributed by atoms with van der Waals surface area (Å²) in [5.41, 5.74) is 0. The standard InChI is InChI=1S/C63H121NO5/c1-3-5-7-9-11-13-15-17-19-21-23-25-27-29-30-31-32-33-35-36-38-40-42-44-46-48-50-52-54-56-60(66)62(68)59(58-65)64-63(69)61(67)57-55-53-51-49-47-45-43-41-39-37-34-28-26-24-22-20-18-16-14-12-10-8-6-4-2/h33,35,40,42,48,50,59-62,65-68H,3-32,34,36-39,41,43-47,49,51-58H2,1-2H3,(H,64,69)/b35-33+,42-40+,50-48+. The van der Waals surface area contributed by atoms with Crippen molar-refractivity contribution < 1.29 is 25.2 Å². The van der Waals surface area contributed by atoms with Gasteiger partial charge in [-0.05, 0) is 64.2 Å². The number of aliphatic hydroxyl groups excluding tert-OH is 4. The van der Waals surface area contributed by atoms with Gasteiger partial charge in [0.05, 0.1) is 18.8 Å². The van der Waals surface area contributed by atoms with Gasteiger partial charge < -0.3 is 25.7 Å². The lowest BCUT2D eigenvalue weighted by molar-refractivity contribution is -0.132. The van der Waals surface area contributed by atoms with E-state index >= 15 is 0 Å². The van der Waals surface area contributed by atoms with E-state index < -0.39 is 36.9 Å². The molecule has 0 saturated carbocycles. The fourth-order valence-corrected chi connectivity index (χ4v) is 9.74. The summed E-state index contributed by atoms with van der Waals surface area (Å²) in [7, 11) is 0. The fraction of sp³-hybridized carbons (Fsp3) is 0.889. The van der Waals surface area contributed by atoms with E-state index in [1.54, 1.807) is 0 Å². The molecule has 4 atom stereocenters. The number of unbranched alkanes of at least 4 members (excludes halogenated alkanes) is 42. The van der Waals surface area contributed by atoms with Crippen LogP contribution in [0.3, 0.4) is 0 Å². The molecule has 69 heavy (non-hydrogen) atoms. The topological polar surface area (TPSA) is 110 Å². The van der Waals surface area contributed by atoms with E-state index in [1.165, 1.54) is 244 Å².